The number of fused-ring (bicyclic) bond motifs is 5. The van der Waals surface area contributed by atoms with E-state index in [0.717, 1.165) is 39.1 Å². The molecule has 0 fully saturated rings. The summed E-state index contributed by atoms with van der Waals surface area (Å²) in [4.78, 5) is 31.6. The maximum Gasteiger partial charge on any atom is 0.331 e. The second-order valence-corrected chi connectivity index (χ2v) is 8.14. The highest BCUT2D eigenvalue weighted by atomic mass is 16.2. The highest BCUT2D eigenvalue weighted by molar-refractivity contribution is 6.11. The average molecular weight is 432 g/mol. The minimum Gasteiger partial charge on any atom is -0.303 e. The summed E-state index contributed by atoms with van der Waals surface area (Å²) in [5.74, 6) is 0. The first kappa shape index (κ1) is 19.3. The molecule has 6 rings (SSSR count). The molecule has 3 aromatic carbocycles. The Morgan fingerprint density at radius 3 is 1.97 bits per heavy atom. The maximum atomic E-state index is 13.6. The fraction of sp³-hybridized carbons (Fsp3) is 0.0741. The Kier molecular flexibility index (Phi) is 4.10. The minimum absolute atomic E-state index is 0.321. The Morgan fingerprint density at radius 2 is 1.27 bits per heavy atom. The van der Waals surface area contributed by atoms with Crippen molar-refractivity contribution in [2.75, 3.05) is 0 Å². The quantitative estimate of drug-likeness (QED) is 0.408. The van der Waals surface area contributed by atoms with Gasteiger partial charge in [-0.15, -0.1) is 0 Å². The van der Waals surface area contributed by atoms with Crippen LogP contribution in [0.4, 0.5) is 0 Å². The van der Waals surface area contributed by atoms with Crippen LogP contribution >= 0.6 is 0 Å². The van der Waals surface area contributed by atoms with Crippen molar-refractivity contribution in [2.24, 2.45) is 14.1 Å². The summed E-state index contributed by atoms with van der Waals surface area (Å²) < 4.78 is 4.82. The van der Waals surface area contributed by atoms with Crippen molar-refractivity contribution < 1.29 is 0 Å². The van der Waals surface area contributed by atoms with E-state index in [1.54, 1.807) is 11.6 Å². The van der Waals surface area contributed by atoms with Gasteiger partial charge in [-0.1, -0.05) is 72.8 Å². The Balaban J connectivity index is 2.03. The Morgan fingerprint density at radius 1 is 0.667 bits per heavy atom. The number of rotatable bonds is 2. The van der Waals surface area contributed by atoms with Crippen LogP contribution < -0.4 is 11.2 Å². The fourth-order valence-corrected chi connectivity index (χ4v) is 4.71. The number of para-hydroxylation sites is 2. The molecule has 0 saturated heterocycles. The first-order chi connectivity index (χ1) is 16.1. The third-order valence-electron chi connectivity index (χ3n) is 6.25. The molecule has 0 bridgehead atoms. The summed E-state index contributed by atoms with van der Waals surface area (Å²) in [5.41, 5.74) is 5.61. The Labute approximate surface area is 188 Å². The smallest absolute Gasteiger partial charge is 0.303 e. The van der Waals surface area contributed by atoms with E-state index in [9.17, 15) is 9.59 Å². The van der Waals surface area contributed by atoms with Gasteiger partial charge in [0, 0.05) is 19.7 Å². The van der Waals surface area contributed by atoms with Crippen molar-refractivity contribution in [1.82, 2.24) is 18.5 Å². The molecule has 6 nitrogen and oxygen atoms in total. The fourth-order valence-electron chi connectivity index (χ4n) is 4.71. The predicted octanol–water partition coefficient (Wildman–Crippen LogP) is 4.37. The first-order valence-electron chi connectivity index (χ1n) is 10.7. The Hall–Kier alpha value is -4.45. The van der Waals surface area contributed by atoms with Crippen LogP contribution in [0.25, 0.3) is 50.0 Å². The number of aromatic nitrogens is 4. The van der Waals surface area contributed by atoms with Gasteiger partial charge in [-0.3, -0.25) is 13.9 Å². The molecule has 0 amide bonds. The molecule has 33 heavy (non-hydrogen) atoms. The highest BCUT2D eigenvalue weighted by Crippen LogP contribution is 2.38. The monoisotopic (exact) mass is 432 g/mol. The van der Waals surface area contributed by atoms with E-state index in [0.29, 0.717) is 10.9 Å². The second kappa shape index (κ2) is 7.03. The van der Waals surface area contributed by atoms with Crippen LogP contribution in [0.15, 0.2) is 94.5 Å². The molecule has 0 aliphatic heterocycles. The van der Waals surface area contributed by atoms with Gasteiger partial charge in [0.1, 0.15) is 0 Å². The zero-order chi connectivity index (χ0) is 22.7. The summed E-state index contributed by atoms with van der Waals surface area (Å²) >= 11 is 0. The summed E-state index contributed by atoms with van der Waals surface area (Å²) in [7, 11) is 3.23. The third-order valence-corrected chi connectivity index (χ3v) is 6.25. The maximum absolute atomic E-state index is 13.6. The van der Waals surface area contributed by atoms with Crippen molar-refractivity contribution >= 4 is 27.5 Å². The van der Waals surface area contributed by atoms with Gasteiger partial charge in [0.05, 0.1) is 38.8 Å². The van der Waals surface area contributed by atoms with Crippen LogP contribution in [-0.4, -0.2) is 18.5 Å². The number of aryl methyl sites for hydroxylation is 1. The van der Waals surface area contributed by atoms with E-state index in [1.807, 2.05) is 84.9 Å². The van der Waals surface area contributed by atoms with Crippen molar-refractivity contribution in [2.45, 2.75) is 0 Å². The van der Waals surface area contributed by atoms with E-state index in [4.69, 9.17) is 4.98 Å². The van der Waals surface area contributed by atoms with Crippen LogP contribution in [0.5, 0.6) is 0 Å². The predicted molar refractivity (Wildman–Crippen MR) is 132 cm³/mol. The van der Waals surface area contributed by atoms with Crippen LogP contribution in [0, 0.1) is 0 Å². The zero-order valence-electron chi connectivity index (χ0n) is 18.2. The largest absolute Gasteiger partial charge is 0.331 e. The summed E-state index contributed by atoms with van der Waals surface area (Å²) in [6.07, 6.45) is 0. The van der Waals surface area contributed by atoms with Gasteiger partial charge in [-0.2, -0.15) is 0 Å². The third kappa shape index (κ3) is 2.64. The lowest BCUT2D eigenvalue weighted by Crippen LogP contribution is -2.36. The lowest BCUT2D eigenvalue weighted by molar-refractivity contribution is 0.716. The van der Waals surface area contributed by atoms with E-state index < -0.39 is 0 Å². The lowest BCUT2D eigenvalue weighted by atomic mass is 10.1. The second-order valence-electron chi connectivity index (χ2n) is 8.14. The first-order valence-corrected chi connectivity index (χ1v) is 10.7. The highest BCUT2D eigenvalue weighted by Gasteiger charge is 2.25. The normalized spacial score (nSPS) is 11.6. The van der Waals surface area contributed by atoms with Gasteiger partial charge in [-0.05, 0) is 17.7 Å². The van der Waals surface area contributed by atoms with E-state index >= 15 is 0 Å². The molecule has 0 spiro atoms. The number of hydrogen-bond donors (Lipinski definition) is 0. The topological polar surface area (TPSA) is 61.3 Å². The van der Waals surface area contributed by atoms with E-state index in [-0.39, 0.29) is 11.2 Å². The van der Waals surface area contributed by atoms with Crippen molar-refractivity contribution in [3.05, 3.63) is 106 Å². The zero-order valence-corrected chi connectivity index (χ0v) is 18.2. The van der Waals surface area contributed by atoms with Crippen LogP contribution in [0.1, 0.15) is 0 Å². The molecule has 0 radical (unpaired) electrons. The van der Waals surface area contributed by atoms with Gasteiger partial charge in [0.15, 0.2) is 0 Å². The standard InChI is InChI=1S/C27H20N4O2/c1-29-24-21(26(32)30(2)27(29)33)23(18-13-7-4-8-14-18)31-20-16-10-9-15-19(20)28-22(25(24)31)17-11-5-3-6-12-17/h3-16H,1-2H3. The van der Waals surface area contributed by atoms with Crippen molar-refractivity contribution in [3.8, 4) is 22.5 Å². The average Bonchev–Trinajstić information content (AvgIpc) is 3.23. The van der Waals surface area contributed by atoms with Gasteiger partial charge in [0.2, 0.25) is 0 Å². The van der Waals surface area contributed by atoms with Gasteiger partial charge >= 0.3 is 5.69 Å². The van der Waals surface area contributed by atoms with Gasteiger partial charge < -0.3 is 4.40 Å². The molecule has 0 atom stereocenters. The molecule has 0 saturated carbocycles. The lowest BCUT2D eigenvalue weighted by Gasteiger charge is -2.12. The molecule has 0 aliphatic carbocycles. The number of hydrogen-bond acceptors (Lipinski definition) is 3. The molecule has 0 aliphatic rings. The molecular weight excluding hydrogens is 412 g/mol. The number of benzene rings is 3. The molecule has 160 valence electrons. The molecule has 0 unspecified atom stereocenters. The summed E-state index contributed by atoms with van der Waals surface area (Å²) in [6.45, 7) is 0. The van der Waals surface area contributed by atoms with Gasteiger partial charge in [0.25, 0.3) is 5.56 Å². The van der Waals surface area contributed by atoms with Crippen molar-refractivity contribution in [3.63, 3.8) is 0 Å². The van der Waals surface area contributed by atoms with E-state index in [1.165, 1.54) is 11.6 Å². The molecule has 6 heteroatoms. The molecule has 0 N–H and O–H groups in total. The van der Waals surface area contributed by atoms with Gasteiger partial charge in [-0.25, -0.2) is 9.78 Å². The SMILES string of the molecule is Cn1c(=O)c2c(-c3ccccc3)n3c4ccccc4nc(-c4ccccc4)c3c2n(C)c1=O. The summed E-state index contributed by atoms with van der Waals surface area (Å²) in [6, 6.07) is 27.6. The minimum atomic E-state index is -0.369. The molecular formula is C27H20N4O2. The molecule has 6 aromatic rings. The van der Waals surface area contributed by atoms with Crippen molar-refractivity contribution in [1.29, 1.82) is 0 Å². The van der Waals surface area contributed by atoms with E-state index in [2.05, 4.69) is 4.40 Å². The molecule has 3 aromatic heterocycles. The van der Waals surface area contributed by atoms with Crippen LogP contribution in [-0.2, 0) is 14.1 Å². The summed E-state index contributed by atoms with van der Waals surface area (Å²) in [5, 5.41) is 0.501. The van der Waals surface area contributed by atoms with Crippen LogP contribution in [0.3, 0.4) is 0 Å². The number of nitrogens with zero attached hydrogens (tertiary/aromatic N) is 4. The van der Waals surface area contributed by atoms with Crippen LogP contribution in [0.2, 0.25) is 0 Å². The Bertz CT molecular complexity index is 1810. The molecule has 3 heterocycles.